The van der Waals surface area contributed by atoms with Crippen LogP contribution in [0.1, 0.15) is 59.3 Å². The maximum absolute atomic E-state index is 3.56. The fraction of sp³-hybridized carbons (Fsp3) is 1.00. The Labute approximate surface area is 114 Å². The van der Waals surface area contributed by atoms with E-state index in [1.165, 1.54) is 64.7 Å². The van der Waals surface area contributed by atoms with Crippen LogP contribution >= 0.6 is 0 Å². The maximum Gasteiger partial charge on any atom is 0.0108 e. The van der Waals surface area contributed by atoms with Crippen LogP contribution in [0.15, 0.2) is 0 Å². The molecular weight excluding hydrogens is 220 g/mol. The van der Waals surface area contributed by atoms with E-state index in [1.54, 1.807) is 0 Å². The standard InChI is InChI=1S/C16H32N2/c1-4-8-16(9-5-2)12-18(13-16)14(3)15-7-6-10-17-11-15/h14-15,17H,4-13H2,1-3H3. The van der Waals surface area contributed by atoms with Crippen LogP contribution in [-0.2, 0) is 0 Å². The van der Waals surface area contributed by atoms with Gasteiger partial charge in [-0.1, -0.05) is 26.7 Å². The fourth-order valence-electron chi connectivity index (χ4n) is 4.19. The van der Waals surface area contributed by atoms with Gasteiger partial charge in [0.2, 0.25) is 0 Å². The minimum atomic E-state index is 0.680. The van der Waals surface area contributed by atoms with Crippen molar-refractivity contribution in [1.29, 1.82) is 0 Å². The van der Waals surface area contributed by atoms with Crippen molar-refractivity contribution >= 4 is 0 Å². The van der Waals surface area contributed by atoms with E-state index >= 15 is 0 Å². The third kappa shape index (κ3) is 3.08. The average molecular weight is 252 g/mol. The van der Waals surface area contributed by atoms with E-state index < -0.39 is 0 Å². The molecule has 18 heavy (non-hydrogen) atoms. The second kappa shape index (κ2) is 6.38. The van der Waals surface area contributed by atoms with Gasteiger partial charge in [-0.05, 0) is 57.0 Å². The van der Waals surface area contributed by atoms with E-state index in [-0.39, 0.29) is 0 Å². The lowest BCUT2D eigenvalue weighted by atomic mass is 9.71. The molecule has 2 heterocycles. The predicted molar refractivity (Wildman–Crippen MR) is 78.9 cm³/mol. The van der Waals surface area contributed by atoms with Gasteiger partial charge in [0.05, 0.1) is 0 Å². The van der Waals surface area contributed by atoms with Crippen molar-refractivity contribution in [2.24, 2.45) is 11.3 Å². The lowest BCUT2D eigenvalue weighted by Crippen LogP contribution is -2.61. The Hall–Kier alpha value is -0.0800. The van der Waals surface area contributed by atoms with Crippen molar-refractivity contribution < 1.29 is 0 Å². The van der Waals surface area contributed by atoms with Crippen LogP contribution in [0.2, 0.25) is 0 Å². The summed E-state index contributed by atoms with van der Waals surface area (Å²) in [5.41, 5.74) is 0.680. The molecule has 0 saturated carbocycles. The highest BCUT2D eigenvalue weighted by Gasteiger charge is 2.44. The third-order valence-electron chi connectivity index (χ3n) is 5.23. The summed E-state index contributed by atoms with van der Waals surface area (Å²) in [5.74, 6) is 0.889. The van der Waals surface area contributed by atoms with Crippen LogP contribution in [0, 0.1) is 11.3 Å². The Morgan fingerprint density at radius 1 is 1.22 bits per heavy atom. The molecule has 2 aliphatic rings. The van der Waals surface area contributed by atoms with Gasteiger partial charge >= 0.3 is 0 Å². The highest BCUT2D eigenvalue weighted by atomic mass is 15.2. The quantitative estimate of drug-likeness (QED) is 0.780. The molecule has 0 aromatic heterocycles. The number of likely N-dealkylation sites (tertiary alicyclic amines) is 1. The summed E-state index contributed by atoms with van der Waals surface area (Å²) in [6, 6.07) is 0.791. The SMILES string of the molecule is CCCC1(CCC)CN(C(C)C2CCCNC2)C1. The van der Waals surface area contributed by atoms with E-state index in [1.807, 2.05) is 0 Å². The molecular formula is C16H32N2. The Morgan fingerprint density at radius 2 is 1.89 bits per heavy atom. The molecule has 2 unspecified atom stereocenters. The first-order chi connectivity index (χ1) is 8.71. The van der Waals surface area contributed by atoms with E-state index in [9.17, 15) is 0 Å². The van der Waals surface area contributed by atoms with Crippen molar-refractivity contribution in [3.05, 3.63) is 0 Å². The molecule has 0 spiro atoms. The first kappa shape index (κ1) is 14.3. The second-order valence-electron chi connectivity index (χ2n) is 6.75. The molecule has 2 saturated heterocycles. The van der Waals surface area contributed by atoms with E-state index in [0.29, 0.717) is 5.41 Å². The lowest BCUT2D eigenvalue weighted by molar-refractivity contribution is -0.0563. The number of nitrogens with zero attached hydrogens (tertiary/aromatic N) is 1. The van der Waals surface area contributed by atoms with E-state index in [4.69, 9.17) is 0 Å². The molecule has 2 nitrogen and oxygen atoms in total. The molecule has 2 rings (SSSR count). The largest absolute Gasteiger partial charge is 0.316 e. The summed E-state index contributed by atoms with van der Waals surface area (Å²) < 4.78 is 0. The zero-order valence-corrected chi connectivity index (χ0v) is 12.7. The first-order valence-electron chi connectivity index (χ1n) is 8.15. The van der Waals surface area contributed by atoms with Crippen LogP contribution in [0.4, 0.5) is 0 Å². The molecule has 0 aromatic rings. The molecule has 2 fully saturated rings. The third-order valence-corrected chi connectivity index (χ3v) is 5.23. The van der Waals surface area contributed by atoms with Crippen LogP contribution in [0.5, 0.6) is 0 Å². The molecule has 1 N–H and O–H groups in total. The summed E-state index contributed by atoms with van der Waals surface area (Å²) in [4.78, 5) is 2.75. The average Bonchev–Trinajstić information content (AvgIpc) is 2.36. The lowest BCUT2D eigenvalue weighted by Gasteiger charge is -2.55. The molecule has 0 bridgehead atoms. The molecule has 0 aliphatic carbocycles. The monoisotopic (exact) mass is 252 g/mol. The molecule has 106 valence electrons. The van der Waals surface area contributed by atoms with Gasteiger partial charge in [0.25, 0.3) is 0 Å². The zero-order valence-electron chi connectivity index (χ0n) is 12.7. The summed E-state index contributed by atoms with van der Waals surface area (Å²) in [6.45, 7) is 12.4. The van der Waals surface area contributed by atoms with Crippen molar-refractivity contribution in [2.45, 2.75) is 65.3 Å². The number of hydrogen-bond donors (Lipinski definition) is 1. The molecule has 2 aliphatic heterocycles. The maximum atomic E-state index is 3.56. The fourth-order valence-corrected chi connectivity index (χ4v) is 4.19. The van der Waals surface area contributed by atoms with Gasteiger partial charge in [0.1, 0.15) is 0 Å². The topological polar surface area (TPSA) is 15.3 Å². The smallest absolute Gasteiger partial charge is 0.0108 e. The first-order valence-corrected chi connectivity index (χ1v) is 8.15. The Kier molecular flexibility index (Phi) is 5.08. The molecule has 0 radical (unpaired) electrons. The van der Waals surface area contributed by atoms with Crippen LogP contribution in [-0.4, -0.2) is 37.1 Å². The zero-order chi connectivity index (χ0) is 13.0. The van der Waals surface area contributed by atoms with Crippen molar-refractivity contribution in [3.8, 4) is 0 Å². The van der Waals surface area contributed by atoms with Crippen LogP contribution in [0.3, 0.4) is 0 Å². The molecule has 0 amide bonds. The minimum absolute atomic E-state index is 0.680. The van der Waals surface area contributed by atoms with E-state index in [2.05, 4.69) is 31.0 Å². The summed E-state index contributed by atoms with van der Waals surface area (Å²) in [5, 5.41) is 3.56. The van der Waals surface area contributed by atoms with Gasteiger partial charge < -0.3 is 5.32 Å². The number of nitrogens with one attached hydrogen (secondary N) is 1. The molecule has 2 heteroatoms. The van der Waals surface area contributed by atoms with E-state index in [0.717, 1.165) is 12.0 Å². The predicted octanol–water partition coefficient (Wildman–Crippen LogP) is 3.28. The summed E-state index contributed by atoms with van der Waals surface area (Å²) in [6.07, 6.45) is 8.39. The van der Waals surface area contributed by atoms with Crippen LogP contribution < -0.4 is 5.32 Å². The van der Waals surface area contributed by atoms with Crippen molar-refractivity contribution in [1.82, 2.24) is 10.2 Å². The van der Waals surface area contributed by atoms with Crippen molar-refractivity contribution in [2.75, 3.05) is 26.2 Å². The van der Waals surface area contributed by atoms with Crippen molar-refractivity contribution in [3.63, 3.8) is 0 Å². The van der Waals surface area contributed by atoms with Gasteiger partial charge in [-0.25, -0.2) is 0 Å². The van der Waals surface area contributed by atoms with Gasteiger partial charge in [0, 0.05) is 19.1 Å². The van der Waals surface area contributed by atoms with Gasteiger partial charge in [-0.3, -0.25) is 4.90 Å². The van der Waals surface area contributed by atoms with Gasteiger partial charge in [-0.15, -0.1) is 0 Å². The van der Waals surface area contributed by atoms with Gasteiger partial charge in [-0.2, -0.15) is 0 Å². The Balaban J connectivity index is 1.82. The minimum Gasteiger partial charge on any atom is -0.316 e. The molecule has 2 atom stereocenters. The number of rotatable bonds is 6. The number of piperidine rings is 1. The second-order valence-corrected chi connectivity index (χ2v) is 6.75. The summed E-state index contributed by atoms with van der Waals surface area (Å²) >= 11 is 0. The number of hydrogen-bond acceptors (Lipinski definition) is 2. The van der Waals surface area contributed by atoms with Crippen LogP contribution in [0.25, 0.3) is 0 Å². The Bertz CT molecular complexity index is 231. The molecule has 0 aromatic carbocycles. The highest BCUT2D eigenvalue weighted by Crippen LogP contribution is 2.41. The Morgan fingerprint density at radius 3 is 2.39 bits per heavy atom. The highest BCUT2D eigenvalue weighted by molar-refractivity contribution is 4.98. The summed E-state index contributed by atoms with van der Waals surface area (Å²) in [7, 11) is 0. The normalized spacial score (nSPS) is 29.8. The van der Waals surface area contributed by atoms with Gasteiger partial charge in [0.15, 0.2) is 0 Å².